The van der Waals surface area contributed by atoms with E-state index in [1.54, 1.807) is 7.05 Å². The van der Waals surface area contributed by atoms with Gasteiger partial charge in [-0.25, -0.2) is 10.2 Å². The molecule has 0 aliphatic heterocycles. The molecule has 0 saturated heterocycles. The monoisotopic (exact) mass is 168 g/mol. The van der Waals surface area contributed by atoms with Gasteiger partial charge in [-0.1, -0.05) is 0 Å². The third kappa shape index (κ3) is 1.76. The molecule has 0 bridgehead atoms. The summed E-state index contributed by atoms with van der Waals surface area (Å²) >= 11 is 0. The van der Waals surface area contributed by atoms with Gasteiger partial charge in [0.05, 0.1) is 6.20 Å². The van der Waals surface area contributed by atoms with Crippen molar-refractivity contribution < 1.29 is 4.39 Å². The molecule has 0 aliphatic carbocycles. The standard InChI is InChI=1S/C7H9FN4/c1-10-7(12-9)5-2-6(8)4-11-3-5/h2-4H,9H2,1H3,(H,10,12). The summed E-state index contributed by atoms with van der Waals surface area (Å²) in [4.78, 5) is 7.44. The lowest BCUT2D eigenvalue weighted by molar-refractivity contribution is 0.621. The molecule has 0 amide bonds. The molecule has 64 valence electrons. The van der Waals surface area contributed by atoms with Crippen LogP contribution in [0.15, 0.2) is 23.5 Å². The van der Waals surface area contributed by atoms with Crippen molar-refractivity contribution in [2.75, 3.05) is 7.05 Å². The second kappa shape index (κ2) is 3.77. The Morgan fingerprint density at radius 3 is 2.92 bits per heavy atom. The number of nitrogens with one attached hydrogen (secondary N) is 1. The molecule has 0 aromatic carbocycles. The van der Waals surface area contributed by atoms with E-state index in [1.165, 1.54) is 12.3 Å². The molecule has 0 fully saturated rings. The van der Waals surface area contributed by atoms with Crippen LogP contribution in [0.5, 0.6) is 0 Å². The number of halogens is 1. The van der Waals surface area contributed by atoms with Crippen LogP contribution in [0.4, 0.5) is 4.39 Å². The molecule has 0 atom stereocenters. The molecule has 3 N–H and O–H groups in total. The van der Waals surface area contributed by atoms with Crippen molar-refractivity contribution >= 4 is 5.84 Å². The molecule has 1 aromatic rings. The minimum atomic E-state index is -0.413. The van der Waals surface area contributed by atoms with Gasteiger partial charge in [-0.05, 0) is 6.07 Å². The normalized spacial score (nSPS) is 11.4. The summed E-state index contributed by atoms with van der Waals surface area (Å²) < 4.78 is 12.6. The molecule has 0 unspecified atom stereocenters. The van der Waals surface area contributed by atoms with Crippen LogP contribution in [0.25, 0.3) is 0 Å². The van der Waals surface area contributed by atoms with Gasteiger partial charge in [0.2, 0.25) is 0 Å². The van der Waals surface area contributed by atoms with Crippen molar-refractivity contribution in [2.24, 2.45) is 10.8 Å². The predicted octanol–water partition coefficient (Wildman–Crippen LogP) is 0.0604. The molecule has 1 aromatic heterocycles. The molecule has 0 aliphatic rings. The van der Waals surface area contributed by atoms with E-state index in [-0.39, 0.29) is 0 Å². The van der Waals surface area contributed by atoms with E-state index in [0.717, 1.165) is 6.20 Å². The highest BCUT2D eigenvalue weighted by atomic mass is 19.1. The second-order valence-electron chi connectivity index (χ2n) is 2.11. The van der Waals surface area contributed by atoms with E-state index in [4.69, 9.17) is 5.84 Å². The van der Waals surface area contributed by atoms with Crippen molar-refractivity contribution in [2.45, 2.75) is 0 Å². The summed E-state index contributed by atoms with van der Waals surface area (Å²) in [6.07, 6.45) is 2.60. The summed E-state index contributed by atoms with van der Waals surface area (Å²) in [5.41, 5.74) is 2.87. The van der Waals surface area contributed by atoms with Crippen LogP contribution < -0.4 is 11.3 Å². The topological polar surface area (TPSA) is 63.3 Å². The molecule has 0 spiro atoms. The van der Waals surface area contributed by atoms with E-state index in [0.29, 0.717) is 11.4 Å². The zero-order chi connectivity index (χ0) is 8.97. The zero-order valence-corrected chi connectivity index (χ0v) is 6.58. The molecule has 0 saturated carbocycles. The lowest BCUT2D eigenvalue weighted by atomic mass is 10.2. The molecule has 12 heavy (non-hydrogen) atoms. The first kappa shape index (κ1) is 8.61. The lowest BCUT2D eigenvalue weighted by Gasteiger charge is -2.02. The number of aliphatic imine (C=N–C) groups is 1. The Bertz CT molecular complexity index is 297. The summed E-state index contributed by atoms with van der Waals surface area (Å²) in [7, 11) is 1.56. The van der Waals surface area contributed by atoms with E-state index in [9.17, 15) is 4.39 Å². The number of hydrogen-bond donors (Lipinski definition) is 2. The summed E-state index contributed by atoms with van der Waals surface area (Å²) in [6, 6.07) is 1.30. The fourth-order valence-corrected chi connectivity index (χ4v) is 0.818. The van der Waals surface area contributed by atoms with Crippen LogP contribution in [-0.4, -0.2) is 17.9 Å². The van der Waals surface area contributed by atoms with Gasteiger partial charge in [0.1, 0.15) is 11.7 Å². The smallest absolute Gasteiger partial charge is 0.143 e. The number of amidine groups is 1. The van der Waals surface area contributed by atoms with E-state index in [2.05, 4.69) is 15.4 Å². The van der Waals surface area contributed by atoms with Crippen LogP contribution in [-0.2, 0) is 0 Å². The molecule has 1 heterocycles. The zero-order valence-electron chi connectivity index (χ0n) is 6.58. The maximum Gasteiger partial charge on any atom is 0.143 e. The molecular formula is C7H9FN4. The van der Waals surface area contributed by atoms with Crippen molar-refractivity contribution in [3.8, 4) is 0 Å². The average molecular weight is 168 g/mol. The SMILES string of the molecule is CN=C(NN)c1cncc(F)c1. The summed E-state index contributed by atoms with van der Waals surface area (Å²) in [6.45, 7) is 0. The summed E-state index contributed by atoms with van der Waals surface area (Å²) in [5.74, 6) is 5.13. The van der Waals surface area contributed by atoms with Crippen molar-refractivity contribution in [3.63, 3.8) is 0 Å². The largest absolute Gasteiger partial charge is 0.308 e. The van der Waals surface area contributed by atoms with Crippen LogP contribution in [0.3, 0.4) is 0 Å². The number of rotatable bonds is 1. The first-order valence-corrected chi connectivity index (χ1v) is 3.32. The van der Waals surface area contributed by atoms with E-state index < -0.39 is 5.82 Å². The fraction of sp³-hybridized carbons (Fsp3) is 0.143. The Morgan fingerprint density at radius 1 is 1.67 bits per heavy atom. The Hall–Kier alpha value is -1.49. The Balaban J connectivity index is 3.02. The van der Waals surface area contributed by atoms with Gasteiger partial charge in [0.15, 0.2) is 0 Å². The third-order valence-corrected chi connectivity index (χ3v) is 1.34. The lowest BCUT2D eigenvalue weighted by Crippen LogP contribution is -2.31. The molecule has 1 rings (SSSR count). The van der Waals surface area contributed by atoms with Crippen LogP contribution >= 0.6 is 0 Å². The van der Waals surface area contributed by atoms with Gasteiger partial charge < -0.3 is 5.43 Å². The number of pyridine rings is 1. The van der Waals surface area contributed by atoms with Gasteiger partial charge >= 0.3 is 0 Å². The van der Waals surface area contributed by atoms with E-state index in [1.807, 2.05) is 0 Å². The van der Waals surface area contributed by atoms with Gasteiger partial charge in [-0.3, -0.25) is 9.98 Å². The number of nitrogens with zero attached hydrogens (tertiary/aromatic N) is 2. The van der Waals surface area contributed by atoms with Crippen molar-refractivity contribution in [1.29, 1.82) is 0 Å². The second-order valence-corrected chi connectivity index (χ2v) is 2.11. The van der Waals surface area contributed by atoms with Crippen LogP contribution in [0.1, 0.15) is 5.56 Å². The molecule has 4 nitrogen and oxygen atoms in total. The Kier molecular flexibility index (Phi) is 2.71. The minimum absolute atomic E-state index is 0.405. The maximum absolute atomic E-state index is 12.6. The predicted molar refractivity (Wildman–Crippen MR) is 44.0 cm³/mol. The molecule has 0 radical (unpaired) electrons. The van der Waals surface area contributed by atoms with Gasteiger partial charge in [0, 0.05) is 18.8 Å². The number of hydrazine groups is 1. The number of hydrogen-bond acceptors (Lipinski definition) is 3. The van der Waals surface area contributed by atoms with Gasteiger partial charge in [0.25, 0.3) is 0 Å². The Labute approximate surface area is 69.3 Å². The molecule has 5 heteroatoms. The summed E-state index contributed by atoms with van der Waals surface area (Å²) in [5, 5.41) is 0. The fourth-order valence-electron chi connectivity index (χ4n) is 0.818. The Morgan fingerprint density at radius 2 is 2.42 bits per heavy atom. The first-order valence-electron chi connectivity index (χ1n) is 3.32. The maximum atomic E-state index is 12.6. The van der Waals surface area contributed by atoms with Gasteiger partial charge in [-0.15, -0.1) is 0 Å². The third-order valence-electron chi connectivity index (χ3n) is 1.34. The van der Waals surface area contributed by atoms with Crippen molar-refractivity contribution in [3.05, 3.63) is 29.8 Å². The van der Waals surface area contributed by atoms with Crippen LogP contribution in [0, 0.1) is 5.82 Å². The number of nitrogens with two attached hydrogens (primary N) is 1. The molecular weight excluding hydrogens is 159 g/mol. The highest BCUT2D eigenvalue weighted by molar-refractivity contribution is 5.97. The average Bonchev–Trinajstić information content (AvgIpc) is 2.07. The van der Waals surface area contributed by atoms with Gasteiger partial charge in [-0.2, -0.15) is 0 Å². The highest BCUT2D eigenvalue weighted by Crippen LogP contribution is 2.00. The first-order chi connectivity index (χ1) is 5.77. The number of aromatic nitrogens is 1. The highest BCUT2D eigenvalue weighted by Gasteiger charge is 2.01. The van der Waals surface area contributed by atoms with E-state index >= 15 is 0 Å². The minimum Gasteiger partial charge on any atom is -0.308 e. The van der Waals surface area contributed by atoms with Crippen molar-refractivity contribution in [1.82, 2.24) is 10.4 Å². The quantitative estimate of drug-likeness (QED) is 0.270. The van der Waals surface area contributed by atoms with Crippen LogP contribution in [0.2, 0.25) is 0 Å².